The summed E-state index contributed by atoms with van der Waals surface area (Å²) in [6.07, 6.45) is 1.62. The molecule has 31 heavy (non-hydrogen) atoms. The van der Waals surface area contributed by atoms with Gasteiger partial charge >= 0.3 is 0 Å². The molecule has 3 aromatic rings. The van der Waals surface area contributed by atoms with E-state index in [0.717, 1.165) is 16.8 Å². The number of nitrogens with one attached hydrogen (secondary N) is 2. The van der Waals surface area contributed by atoms with Crippen molar-refractivity contribution in [1.82, 2.24) is 15.6 Å². The lowest BCUT2D eigenvalue weighted by Gasteiger charge is -2.14. The molecule has 0 radical (unpaired) electrons. The summed E-state index contributed by atoms with van der Waals surface area (Å²) in [4.78, 5) is 14.4. The quantitative estimate of drug-likeness (QED) is 0.427. The summed E-state index contributed by atoms with van der Waals surface area (Å²) in [5.74, 6) is 0.874. The summed E-state index contributed by atoms with van der Waals surface area (Å²) in [5, 5.41) is 11.0. The van der Waals surface area contributed by atoms with E-state index in [2.05, 4.69) is 20.7 Å². The number of rotatable bonds is 8. The van der Waals surface area contributed by atoms with E-state index in [1.54, 1.807) is 19.4 Å². The highest BCUT2D eigenvalue weighted by Gasteiger charge is 2.13. The van der Waals surface area contributed by atoms with Crippen LogP contribution in [0.3, 0.4) is 0 Å². The van der Waals surface area contributed by atoms with Crippen LogP contribution in [-0.4, -0.2) is 49.6 Å². The van der Waals surface area contributed by atoms with Crippen molar-refractivity contribution in [2.45, 2.75) is 20.0 Å². The molecule has 0 aliphatic rings. The summed E-state index contributed by atoms with van der Waals surface area (Å²) in [6.45, 7) is 3.90. The van der Waals surface area contributed by atoms with Gasteiger partial charge in [0.1, 0.15) is 5.69 Å². The number of anilines is 1. The SMILES string of the molecule is COc1cc(-c2cc(C(=O)N/N=C/c3ccc(N(C)C)cc3)[nH]n2)ccc1OC(C)C. The molecule has 0 unspecified atom stereocenters. The van der Waals surface area contributed by atoms with Gasteiger partial charge in [-0.15, -0.1) is 0 Å². The fourth-order valence-corrected chi connectivity index (χ4v) is 2.85. The lowest BCUT2D eigenvalue weighted by atomic mass is 10.1. The number of hydrogen-bond donors (Lipinski definition) is 2. The van der Waals surface area contributed by atoms with Crippen LogP contribution in [0.4, 0.5) is 5.69 Å². The van der Waals surface area contributed by atoms with Crippen molar-refractivity contribution in [3.05, 3.63) is 59.8 Å². The Morgan fingerprint density at radius 1 is 1.13 bits per heavy atom. The number of hydrogen-bond acceptors (Lipinski definition) is 6. The van der Waals surface area contributed by atoms with Crippen molar-refractivity contribution in [2.75, 3.05) is 26.1 Å². The zero-order chi connectivity index (χ0) is 22.4. The van der Waals surface area contributed by atoms with Crippen LogP contribution in [0.5, 0.6) is 11.5 Å². The van der Waals surface area contributed by atoms with E-state index in [1.165, 1.54) is 0 Å². The molecule has 1 heterocycles. The fourth-order valence-electron chi connectivity index (χ4n) is 2.85. The molecular weight excluding hydrogens is 394 g/mol. The summed E-state index contributed by atoms with van der Waals surface area (Å²) < 4.78 is 11.1. The standard InChI is InChI=1S/C23H27N5O3/c1-15(2)31-21-11-8-17(12-22(21)30-5)19-13-20(26-25-19)23(29)27-24-14-16-6-9-18(10-7-16)28(3)4/h6-15H,1-5H3,(H,25,26)(H,27,29)/b24-14+. The second-order valence-electron chi connectivity index (χ2n) is 7.38. The summed E-state index contributed by atoms with van der Waals surface area (Å²) in [5.41, 5.74) is 6.19. The molecule has 1 aromatic heterocycles. The van der Waals surface area contributed by atoms with Crippen molar-refractivity contribution in [2.24, 2.45) is 5.10 Å². The van der Waals surface area contributed by atoms with Gasteiger partial charge in [0.15, 0.2) is 11.5 Å². The number of ether oxygens (including phenoxy) is 2. The zero-order valence-corrected chi connectivity index (χ0v) is 18.3. The van der Waals surface area contributed by atoms with Gasteiger partial charge in [0.05, 0.1) is 25.1 Å². The van der Waals surface area contributed by atoms with E-state index in [-0.39, 0.29) is 12.0 Å². The van der Waals surface area contributed by atoms with E-state index in [4.69, 9.17) is 9.47 Å². The van der Waals surface area contributed by atoms with Gasteiger partial charge < -0.3 is 14.4 Å². The molecule has 0 aliphatic carbocycles. The van der Waals surface area contributed by atoms with Gasteiger partial charge in [-0.3, -0.25) is 9.89 Å². The minimum atomic E-state index is -0.383. The third kappa shape index (κ3) is 5.63. The second kappa shape index (κ2) is 9.80. The van der Waals surface area contributed by atoms with Gasteiger partial charge in [0.2, 0.25) is 0 Å². The molecule has 162 valence electrons. The Hall–Kier alpha value is -3.81. The summed E-state index contributed by atoms with van der Waals surface area (Å²) >= 11 is 0. The van der Waals surface area contributed by atoms with Gasteiger partial charge in [-0.05, 0) is 55.8 Å². The van der Waals surface area contributed by atoms with Gasteiger partial charge in [-0.2, -0.15) is 10.2 Å². The van der Waals surface area contributed by atoms with E-state index in [9.17, 15) is 4.79 Å². The third-order valence-electron chi connectivity index (χ3n) is 4.43. The number of amides is 1. The van der Waals surface area contributed by atoms with Gasteiger partial charge in [-0.1, -0.05) is 12.1 Å². The van der Waals surface area contributed by atoms with Gasteiger partial charge in [0, 0.05) is 25.3 Å². The normalized spacial score (nSPS) is 11.0. The van der Waals surface area contributed by atoms with Gasteiger partial charge in [-0.25, -0.2) is 5.43 Å². The first kappa shape index (κ1) is 21.9. The first-order chi connectivity index (χ1) is 14.9. The predicted octanol–water partition coefficient (Wildman–Crippen LogP) is 3.70. The number of H-pyrrole nitrogens is 1. The zero-order valence-electron chi connectivity index (χ0n) is 18.3. The van der Waals surface area contributed by atoms with Crippen LogP contribution < -0.4 is 19.8 Å². The first-order valence-electron chi connectivity index (χ1n) is 9.88. The Labute approximate surface area is 181 Å². The van der Waals surface area contributed by atoms with Crippen molar-refractivity contribution in [3.8, 4) is 22.8 Å². The number of hydrazone groups is 1. The van der Waals surface area contributed by atoms with Crippen molar-refractivity contribution in [1.29, 1.82) is 0 Å². The Bertz CT molecular complexity index is 1060. The van der Waals surface area contributed by atoms with E-state index in [0.29, 0.717) is 22.9 Å². The Morgan fingerprint density at radius 2 is 1.87 bits per heavy atom. The average molecular weight is 422 g/mol. The van der Waals surface area contributed by atoms with Crippen LogP contribution in [0.15, 0.2) is 53.6 Å². The molecule has 0 spiro atoms. The Balaban J connectivity index is 1.66. The molecule has 0 bridgehead atoms. The van der Waals surface area contributed by atoms with Crippen molar-refractivity contribution >= 4 is 17.8 Å². The van der Waals surface area contributed by atoms with Crippen LogP contribution in [0.25, 0.3) is 11.3 Å². The van der Waals surface area contributed by atoms with Crippen LogP contribution in [-0.2, 0) is 0 Å². The lowest BCUT2D eigenvalue weighted by Crippen LogP contribution is -2.18. The Morgan fingerprint density at radius 3 is 2.52 bits per heavy atom. The number of carbonyl (C=O) groups excluding carboxylic acids is 1. The number of benzene rings is 2. The molecule has 0 aliphatic heterocycles. The molecule has 3 rings (SSSR count). The molecular formula is C23H27N5O3. The molecule has 8 heteroatoms. The number of carbonyl (C=O) groups is 1. The molecule has 8 nitrogen and oxygen atoms in total. The molecule has 1 amide bonds. The molecule has 0 saturated heterocycles. The minimum absolute atomic E-state index is 0.0342. The molecule has 0 saturated carbocycles. The maximum atomic E-state index is 12.4. The number of nitrogens with zero attached hydrogens (tertiary/aromatic N) is 3. The minimum Gasteiger partial charge on any atom is -0.493 e. The first-order valence-corrected chi connectivity index (χ1v) is 9.88. The van der Waals surface area contributed by atoms with Crippen LogP contribution in [0.2, 0.25) is 0 Å². The monoisotopic (exact) mass is 421 g/mol. The molecule has 0 fully saturated rings. The maximum absolute atomic E-state index is 12.4. The summed E-state index contributed by atoms with van der Waals surface area (Å²) in [6, 6.07) is 15.0. The topological polar surface area (TPSA) is 91.8 Å². The highest BCUT2D eigenvalue weighted by atomic mass is 16.5. The summed E-state index contributed by atoms with van der Waals surface area (Å²) in [7, 11) is 5.54. The number of aromatic amines is 1. The number of aromatic nitrogens is 2. The molecule has 2 N–H and O–H groups in total. The van der Waals surface area contributed by atoms with Crippen LogP contribution in [0, 0.1) is 0 Å². The lowest BCUT2D eigenvalue weighted by molar-refractivity contribution is 0.0950. The largest absolute Gasteiger partial charge is 0.493 e. The van der Waals surface area contributed by atoms with Crippen LogP contribution >= 0.6 is 0 Å². The third-order valence-corrected chi connectivity index (χ3v) is 4.43. The highest BCUT2D eigenvalue weighted by molar-refractivity contribution is 5.94. The van der Waals surface area contributed by atoms with E-state index in [1.807, 2.05) is 75.3 Å². The number of methoxy groups -OCH3 is 1. The van der Waals surface area contributed by atoms with Gasteiger partial charge in [0.25, 0.3) is 5.91 Å². The highest BCUT2D eigenvalue weighted by Crippen LogP contribution is 2.32. The van der Waals surface area contributed by atoms with Crippen molar-refractivity contribution < 1.29 is 14.3 Å². The second-order valence-corrected chi connectivity index (χ2v) is 7.38. The predicted molar refractivity (Wildman–Crippen MR) is 122 cm³/mol. The molecule has 0 atom stereocenters. The van der Waals surface area contributed by atoms with E-state index >= 15 is 0 Å². The van der Waals surface area contributed by atoms with E-state index < -0.39 is 0 Å². The molecule has 2 aromatic carbocycles. The Kier molecular flexibility index (Phi) is 6.92. The smallest absolute Gasteiger partial charge is 0.289 e. The maximum Gasteiger partial charge on any atom is 0.289 e. The van der Waals surface area contributed by atoms with Crippen LogP contribution in [0.1, 0.15) is 29.9 Å². The fraction of sp³-hybridized carbons (Fsp3) is 0.261. The van der Waals surface area contributed by atoms with Crippen molar-refractivity contribution in [3.63, 3.8) is 0 Å². The average Bonchev–Trinajstić information content (AvgIpc) is 3.24.